The van der Waals surface area contributed by atoms with E-state index in [0.717, 1.165) is 16.7 Å². The minimum Gasteiger partial charge on any atom is -0.475 e. The number of carbonyl (C=O) groups excluding carboxylic acids is 3. The first-order valence-electron chi connectivity index (χ1n) is 11.1. The van der Waals surface area contributed by atoms with Gasteiger partial charge in [0, 0.05) is 17.6 Å². The second kappa shape index (κ2) is 10.5. The highest BCUT2D eigenvalue weighted by Gasteiger charge is 2.66. The highest BCUT2D eigenvalue weighted by atomic mass is 35.5. The third-order valence-corrected chi connectivity index (χ3v) is 6.71. The average molecular weight is 541 g/mol. The van der Waals surface area contributed by atoms with Crippen molar-refractivity contribution in [3.8, 4) is 11.1 Å². The summed E-state index contributed by atoms with van der Waals surface area (Å²) in [6.45, 7) is 3.68. The molecule has 0 spiro atoms. The Balaban J connectivity index is 0.000000479. The molecule has 0 unspecified atom stereocenters. The summed E-state index contributed by atoms with van der Waals surface area (Å²) in [6.07, 6.45) is -5.08. The zero-order valence-corrected chi connectivity index (χ0v) is 20.8. The lowest BCUT2D eigenvalue weighted by molar-refractivity contribution is -0.192. The third kappa shape index (κ3) is 5.33. The SMILES string of the molecule is CCN1C(=O)[C@H]2[C@@H](c3ccc(-c4cccc(Cl)c4)cc3)N[C@@](C)(C(=O)OC)[C@H]2C1=O.O=C(O)C(F)(F)F. The summed E-state index contributed by atoms with van der Waals surface area (Å²) in [6, 6.07) is 14.8. The van der Waals surface area contributed by atoms with Crippen LogP contribution in [0.25, 0.3) is 11.1 Å². The second-order valence-electron chi connectivity index (χ2n) is 8.68. The summed E-state index contributed by atoms with van der Waals surface area (Å²) < 4.78 is 36.7. The van der Waals surface area contributed by atoms with Crippen LogP contribution in [-0.2, 0) is 23.9 Å². The number of carbonyl (C=O) groups is 4. The fraction of sp³-hybridized carbons (Fsp3) is 0.360. The number of rotatable bonds is 4. The van der Waals surface area contributed by atoms with E-state index in [9.17, 15) is 27.6 Å². The smallest absolute Gasteiger partial charge is 0.475 e. The number of benzene rings is 2. The van der Waals surface area contributed by atoms with Crippen LogP contribution < -0.4 is 5.32 Å². The molecular weight excluding hydrogens is 517 g/mol. The molecule has 2 saturated heterocycles. The Morgan fingerprint density at radius 2 is 1.70 bits per heavy atom. The zero-order valence-electron chi connectivity index (χ0n) is 20.0. The summed E-state index contributed by atoms with van der Waals surface area (Å²) >= 11 is 6.09. The van der Waals surface area contributed by atoms with E-state index in [1.54, 1.807) is 13.8 Å². The van der Waals surface area contributed by atoms with Crippen molar-refractivity contribution < 1.29 is 42.2 Å². The number of fused-ring (bicyclic) bond motifs is 1. The van der Waals surface area contributed by atoms with Gasteiger partial charge in [0.2, 0.25) is 11.8 Å². The molecule has 37 heavy (non-hydrogen) atoms. The quantitative estimate of drug-likeness (QED) is 0.447. The maximum atomic E-state index is 13.0. The molecule has 0 saturated carbocycles. The number of likely N-dealkylation sites (tertiary alicyclic amines) is 1. The molecule has 2 heterocycles. The van der Waals surface area contributed by atoms with Crippen molar-refractivity contribution in [3.05, 3.63) is 59.1 Å². The number of imide groups is 1. The number of amides is 2. The predicted octanol–water partition coefficient (Wildman–Crippen LogP) is 3.84. The van der Waals surface area contributed by atoms with Gasteiger partial charge in [-0.1, -0.05) is 48.0 Å². The number of carboxylic acid groups (broad SMARTS) is 1. The van der Waals surface area contributed by atoms with Crippen LogP contribution in [0.2, 0.25) is 5.02 Å². The molecular formula is C25H24ClF3N2O6. The van der Waals surface area contributed by atoms with E-state index in [2.05, 4.69) is 5.32 Å². The number of nitrogens with zero attached hydrogens (tertiary/aromatic N) is 1. The standard InChI is InChI=1S/C23H23ClN2O4.C2HF3O2/c1-4-26-20(27)17-18(21(26)28)23(2,22(29)30-3)25-19(17)14-10-8-13(9-11-14)15-6-5-7-16(24)12-15;3-2(4,5)1(6)7/h5-12,17-19,25H,4H2,1-3H3;(H,6,7)/t17-,18-,19-,23-;/m1./s1. The number of hydrogen-bond acceptors (Lipinski definition) is 6. The Morgan fingerprint density at radius 1 is 1.11 bits per heavy atom. The molecule has 0 radical (unpaired) electrons. The Hall–Kier alpha value is -3.44. The second-order valence-corrected chi connectivity index (χ2v) is 9.11. The fourth-order valence-electron chi connectivity index (χ4n) is 4.75. The zero-order chi connectivity index (χ0) is 27.7. The first-order chi connectivity index (χ1) is 17.3. The van der Waals surface area contributed by atoms with Gasteiger partial charge in [0.25, 0.3) is 0 Å². The van der Waals surface area contributed by atoms with Gasteiger partial charge in [-0.05, 0) is 42.7 Å². The van der Waals surface area contributed by atoms with Crippen molar-refractivity contribution in [1.82, 2.24) is 10.2 Å². The Kier molecular flexibility index (Phi) is 7.99. The molecule has 2 aliphatic heterocycles. The van der Waals surface area contributed by atoms with Crippen LogP contribution in [0.5, 0.6) is 0 Å². The van der Waals surface area contributed by atoms with Gasteiger partial charge in [-0.2, -0.15) is 13.2 Å². The number of ether oxygens (including phenoxy) is 1. The van der Waals surface area contributed by atoms with Gasteiger partial charge in [-0.15, -0.1) is 0 Å². The number of hydrogen-bond donors (Lipinski definition) is 2. The lowest BCUT2D eigenvalue weighted by atomic mass is 9.80. The van der Waals surface area contributed by atoms with Crippen LogP contribution >= 0.6 is 11.6 Å². The molecule has 2 aromatic carbocycles. The molecule has 8 nitrogen and oxygen atoms in total. The molecule has 0 aliphatic carbocycles. The van der Waals surface area contributed by atoms with Crippen LogP contribution in [0.4, 0.5) is 13.2 Å². The first kappa shape index (κ1) is 28.1. The van der Waals surface area contributed by atoms with E-state index in [0.29, 0.717) is 5.02 Å². The maximum Gasteiger partial charge on any atom is 0.490 e. The van der Waals surface area contributed by atoms with Gasteiger partial charge in [0.15, 0.2) is 0 Å². The minimum atomic E-state index is -5.08. The number of methoxy groups -OCH3 is 1. The van der Waals surface area contributed by atoms with Crippen molar-refractivity contribution in [2.24, 2.45) is 11.8 Å². The lowest BCUT2D eigenvalue weighted by Crippen LogP contribution is -2.53. The van der Waals surface area contributed by atoms with Crippen molar-refractivity contribution in [2.75, 3.05) is 13.7 Å². The van der Waals surface area contributed by atoms with Crippen LogP contribution in [0, 0.1) is 11.8 Å². The number of nitrogens with one attached hydrogen (secondary N) is 1. The molecule has 2 amide bonds. The molecule has 2 aromatic rings. The highest BCUT2D eigenvalue weighted by Crippen LogP contribution is 2.49. The fourth-order valence-corrected chi connectivity index (χ4v) is 4.94. The van der Waals surface area contributed by atoms with Crippen LogP contribution in [0.1, 0.15) is 25.5 Å². The number of carboxylic acids is 1. The Labute approximate surface area is 215 Å². The Bertz CT molecular complexity index is 1220. The monoisotopic (exact) mass is 540 g/mol. The van der Waals surface area contributed by atoms with E-state index < -0.39 is 41.5 Å². The molecule has 2 aliphatic rings. The third-order valence-electron chi connectivity index (χ3n) is 6.47. The van der Waals surface area contributed by atoms with Gasteiger partial charge in [-0.25, -0.2) is 4.79 Å². The molecule has 0 aromatic heterocycles. The maximum absolute atomic E-state index is 13.0. The minimum absolute atomic E-state index is 0.253. The molecule has 4 atom stereocenters. The van der Waals surface area contributed by atoms with Gasteiger partial charge in [0.1, 0.15) is 5.54 Å². The van der Waals surface area contributed by atoms with E-state index >= 15 is 0 Å². The van der Waals surface area contributed by atoms with Crippen molar-refractivity contribution in [2.45, 2.75) is 31.6 Å². The number of halogens is 4. The Morgan fingerprint density at radius 3 is 2.19 bits per heavy atom. The van der Waals surface area contributed by atoms with Crippen molar-refractivity contribution in [3.63, 3.8) is 0 Å². The molecule has 12 heteroatoms. The van der Waals surface area contributed by atoms with Crippen LogP contribution in [-0.4, -0.2) is 59.1 Å². The van der Waals surface area contributed by atoms with Crippen molar-refractivity contribution >= 4 is 35.4 Å². The molecule has 4 rings (SSSR count). The topological polar surface area (TPSA) is 113 Å². The summed E-state index contributed by atoms with van der Waals surface area (Å²) in [7, 11) is 1.29. The van der Waals surface area contributed by atoms with E-state index in [-0.39, 0.29) is 18.4 Å². The normalized spacial score (nSPS) is 24.8. The predicted molar refractivity (Wildman–Crippen MR) is 126 cm³/mol. The van der Waals surface area contributed by atoms with E-state index in [1.807, 2.05) is 48.5 Å². The van der Waals surface area contributed by atoms with Gasteiger partial charge in [0.05, 0.1) is 18.9 Å². The molecule has 2 N–H and O–H groups in total. The van der Waals surface area contributed by atoms with E-state index in [1.165, 1.54) is 12.0 Å². The number of alkyl halides is 3. The summed E-state index contributed by atoms with van der Waals surface area (Å²) in [5, 5.41) is 11.0. The van der Waals surface area contributed by atoms with Crippen LogP contribution in [0.15, 0.2) is 48.5 Å². The molecule has 0 bridgehead atoms. The number of aliphatic carboxylic acids is 1. The summed E-state index contributed by atoms with van der Waals surface area (Å²) in [4.78, 5) is 48.7. The van der Waals surface area contributed by atoms with E-state index in [4.69, 9.17) is 26.2 Å². The molecule has 2 fully saturated rings. The first-order valence-corrected chi connectivity index (χ1v) is 11.5. The number of esters is 1. The van der Waals surface area contributed by atoms with Gasteiger partial charge >= 0.3 is 18.1 Å². The van der Waals surface area contributed by atoms with Crippen molar-refractivity contribution in [1.29, 1.82) is 0 Å². The summed E-state index contributed by atoms with van der Waals surface area (Å²) in [5.41, 5.74) is 1.53. The molecule has 198 valence electrons. The average Bonchev–Trinajstić information content (AvgIpc) is 3.31. The van der Waals surface area contributed by atoms with Crippen LogP contribution in [0.3, 0.4) is 0 Å². The van der Waals surface area contributed by atoms with Gasteiger partial charge < -0.3 is 9.84 Å². The highest BCUT2D eigenvalue weighted by molar-refractivity contribution is 6.30. The lowest BCUT2D eigenvalue weighted by Gasteiger charge is -2.28. The largest absolute Gasteiger partial charge is 0.490 e. The van der Waals surface area contributed by atoms with Gasteiger partial charge in [-0.3, -0.25) is 24.6 Å². The summed E-state index contributed by atoms with van der Waals surface area (Å²) in [5.74, 6) is -5.33.